The number of aryl methyl sites for hydroxylation is 1. The van der Waals surface area contributed by atoms with E-state index in [9.17, 15) is 18.0 Å². The molecule has 0 aliphatic heterocycles. The average Bonchev–Trinajstić information content (AvgIpc) is 3.23. The molecule has 0 radical (unpaired) electrons. The maximum atomic E-state index is 13.1. The Morgan fingerprint density at radius 1 is 1.00 bits per heavy atom. The predicted molar refractivity (Wildman–Crippen MR) is 125 cm³/mol. The molecule has 0 atom stereocenters. The third-order valence-corrected chi connectivity index (χ3v) is 5.57. The standard InChI is InChI=1S/C26H30F3N3O/c1-3-5-15-32(25(33)30-23-13-11-20(4-2)12-14-23)19-24-10-7-16-31(24)18-21-8-6-9-22(17-21)26(27,28)29/h6-14,16-17H,3-5,15,18-19H2,1-2H3,(H,30,33). The molecule has 0 saturated heterocycles. The highest BCUT2D eigenvalue weighted by Gasteiger charge is 2.30. The van der Waals surface area contributed by atoms with E-state index in [0.717, 1.165) is 36.7 Å². The van der Waals surface area contributed by atoms with Gasteiger partial charge in [0.2, 0.25) is 0 Å². The number of rotatable bonds is 9. The van der Waals surface area contributed by atoms with Gasteiger partial charge in [-0.2, -0.15) is 13.2 Å². The summed E-state index contributed by atoms with van der Waals surface area (Å²) < 4.78 is 41.1. The van der Waals surface area contributed by atoms with Crippen molar-refractivity contribution in [2.24, 2.45) is 0 Å². The zero-order valence-electron chi connectivity index (χ0n) is 19.0. The van der Waals surface area contributed by atoms with Crippen LogP contribution in [0.1, 0.15) is 49.1 Å². The van der Waals surface area contributed by atoms with Gasteiger partial charge >= 0.3 is 12.2 Å². The molecule has 0 aliphatic carbocycles. The van der Waals surface area contributed by atoms with Gasteiger partial charge in [-0.05, 0) is 60.4 Å². The Morgan fingerprint density at radius 2 is 1.76 bits per heavy atom. The highest BCUT2D eigenvalue weighted by atomic mass is 19.4. The molecule has 176 valence electrons. The van der Waals surface area contributed by atoms with Crippen molar-refractivity contribution in [3.8, 4) is 0 Å². The molecule has 2 amide bonds. The van der Waals surface area contributed by atoms with Crippen LogP contribution in [-0.4, -0.2) is 22.0 Å². The lowest BCUT2D eigenvalue weighted by Crippen LogP contribution is -2.36. The van der Waals surface area contributed by atoms with Crippen LogP contribution >= 0.6 is 0 Å². The summed E-state index contributed by atoms with van der Waals surface area (Å²) in [6, 6.07) is 16.7. The van der Waals surface area contributed by atoms with Gasteiger partial charge in [-0.25, -0.2) is 4.79 Å². The van der Waals surface area contributed by atoms with Crippen LogP contribution in [0.4, 0.5) is 23.7 Å². The number of carbonyl (C=O) groups is 1. The maximum absolute atomic E-state index is 13.1. The molecule has 33 heavy (non-hydrogen) atoms. The number of hydrogen-bond acceptors (Lipinski definition) is 1. The van der Waals surface area contributed by atoms with Gasteiger partial charge in [0, 0.05) is 30.7 Å². The van der Waals surface area contributed by atoms with E-state index in [1.165, 1.54) is 17.7 Å². The molecule has 0 bridgehead atoms. The number of nitrogens with zero attached hydrogens (tertiary/aromatic N) is 2. The van der Waals surface area contributed by atoms with Gasteiger partial charge in [0.25, 0.3) is 0 Å². The van der Waals surface area contributed by atoms with E-state index in [1.807, 2.05) is 47.2 Å². The first-order chi connectivity index (χ1) is 15.8. The van der Waals surface area contributed by atoms with Crippen LogP contribution in [0.15, 0.2) is 66.9 Å². The van der Waals surface area contributed by atoms with Crippen molar-refractivity contribution in [1.29, 1.82) is 0 Å². The van der Waals surface area contributed by atoms with Crippen molar-refractivity contribution in [2.75, 3.05) is 11.9 Å². The number of anilines is 1. The van der Waals surface area contributed by atoms with Crippen molar-refractivity contribution < 1.29 is 18.0 Å². The number of carbonyl (C=O) groups excluding carboxylic acids is 1. The number of urea groups is 1. The first kappa shape index (κ1) is 24.4. The highest BCUT2D eigenvalue weighted by molar-refractivity contribution is 5.89. The van der Waals surface area contributed by atoms with E-state index in [2.05, 4.69) is 19.2 Å². The second-order valence-corrected chi connectivity index (χ2v) is 8.08. The molecule has 0 unspecified atom stereocenters. The van der Waals surface area contributed by atoms with Gasteiger partial charge in [-0.3, -0.25) is 0 Å². The number of benzene rings is 2. The van der Waals surface area contributed by atoms with Crippen LogP contribution in [0.2, 0.25) is 0 Å². The molecule has 2 aromatic carbocycles. The lowest BCUT2D eigenvalue weighted by atomic mass is 10.1. The van der Waals surface area contributed by atoms with E-state index < -0.39 is 11.7 Å². The fraction of sp³-hybridized carbons (Fsp3) is 0.346. The zero-order valence-corrected chi connectivity index (χ0v) is 19.0. The Morgan fingerprint density at radius 3 is 2.42 bits per heavy atom. The van der Waals surface area contributed by atoms with E-state index in [0.29, 0.717) is 25.2 Å². The number of nitrogens with one attached hydrogen (secondary N) is 1. The predicted octanol–water partition coefficient (Wildman–Crippen LogP) is 6.95. The van der Waals surface area contributed by atoms with Crippen LogP contribution in [0.25, 0.3) is 0 Å². The van der Waals surface area contributed by atoms with Gasteiger partial charge < -0.3 is 14.8 Å². The molecular formula is C26H30F3N3O. The topological polar surface area (TPSA) is 37.3 Å². The molecule has 0 saturated carbocycles. The first-order valence-electron chi connectivity index (χ1n) is 11.2. The van der Waals surface area contributed by atoms with Crippen LogP contribution in [0.3, 0.4) is 0 Å². The minimum atomic E-state index is -4.38. The molecule has 0 fully saturated rings. The lowest BCUT2D eigenvalue weighted by Gasteiger charge is -2.24. The van der Waals surface area contributed by atoms with Crippen LogP contribution < -0.4 is 5.32 Å². The van der Waals surface area contributed by atoms with Gasteiger partial charge in [-0.1, -0.05) is 44.5 Å². The van der Waals surface area contributed by atoms with Crippen LogP contribution in [-0.2, 0) is 25.7 Å². The number of halogens is 3. The van der Waals surface area contributed by atoms with Gasteiger partial charge in [-0.15, -0.1) is 0 Å². The monoisotopic (exact) mass is 457 g/mol. The first-order valence-corrected chi connectivity index (χ1v) is 11.2. The highest BCUT2D eigenvalue weighted by Crippen LogP contribution is 2.29. The molecule has 0 spiro atoms. The Kier molecular flexibility index (Phi) is 8.20. The molecule has 3 aromatic rings. The average molecular weight is 458 g/mol. The second kappa shape index (κ2) is 11.1. The fourth-order valence-corrected chi connectivity index (χ4v) is 3.61. The smallest absolute Gasteiger partial charge is 0.345 e. The molecule has 3 rings (SSSR count). The van der Waals surface area contributed by atoms with Gasteiger partial charge in [0.15, 0.2) is 0 Å². The molecular weight excluding hydrogens is 427 g/mol. The van der Waals surface area contributed by atoms with Crippen molar-refractivity contribution >= 4 is 11.7 Å². The quantitative estimate of drug-likeness (QED) is 0.371. The van der Waals surface area contributed by atoms with E-state index in [4.69, 9.17) is 0 Å². The van der Waals surface area contributed by atoms with E-state index >= 15 is 0 Å². The number of amides is 2. The molecule has 1 heterocycles. The van der Waals surface area contributed by atoms with E-state index in [1.54, 1.807) is 11.0 Å². The van der Waals surface area contributed by atoms with Crippen molar-refractivity contribution in [3.63, 3.8) is 0 Å². The van der Waals surface area contributed by atoms with Crippen LogP contribution in [0, 0.1) is 0 Å². The summed E-state index contributed by atoms with van der Waals surface area (Å²) in [5, 5.41) is 2.96. The van der Waals surface area contributed by atoms with Crippen molar-refractivity contribution in [2.45, 2.75) is 52.4 Å². The Bertz CT molecular complexity index is 1040. The summed E-state index contributed by atoms with van der Waals surface area (Å²) in [5.41, 5.74) is 2.69. The number of hydrogen-bond donors (Lipinski definition) is 1. The summed E-state index contributed by atoms with van der Waals surface area (Å²) in [4.78, 5) is 14.7. The van der Waals surface area contributed by atoms with E-state index in [-0.39, 0.29) is 6.03 Å². The molecule has 4 nitrogen and oxygen atoms in total. The summed E-state index contributed by atoms with van der Waals surface area (Å²) in [6.45, 7) is 5.40. The molecule has 1 N–H and O–H groups in total. The third-order valence-electron chi connectivity index (χ3n) is 5.57. The second-order valence-electron chi connectivity index (χ2n) is 8.08. The molecule has 7 heteroatoms. The minimum Gasteiger partial charge on any atom is -0.345 e. The number of aromatic nitrogens is 1. The molecule has 0 aliphatic rings. The Labute approximate surface area is 193 Å². The fourth-order valence-electron chi connectivity index (χ4n) is 3.61. The number of unbranched alkanes of at least 4 members (excludes halogenated alkanes) is 1. The zero-order chi connectivity index (χ0) is 23.8. The van der Waals surface area contributed by atoms with Crippen LogP contribution in [0.5, 0.6) is 0 Å². The Hall–Kier alpha value is -3.22. The van der Waals surface area contributed by atoms with Crippen molar-refractivity contribution in [1.82, 2.24) is 9.47 Å². The normalized spacial score (nSPS) is 11.4. The SMILES string of the molecule is CCCCN(Cc1cccn1Cc1cccc(C(F)(F)F)c1)C(=O)Nc1ccc(CC)cc1. The van der Waals surface area contributed by atoms with Gasteiger partial charge in [0.1, 0.15) is 0 Å². The largest absolute Gasteiger partial charge is 0.416 e. The number of alkyl halides is 3. The minimum absolute atomic E-state index is 0.195. The summed E-state index contributed by atoms with van der Waals surface area (Å²) in [5.74, 6) is 0. The van der Waals surface area contributed by atoms with Crippen molar-refractivity contribution in [3.05, 3.63) is 89.2 Å². The summed E-state index contributed by atoms with van der Waals surface area (Å²) >= 11 is 0. The summed E-state index contributed by atoms with van der Waals surface area (Å²) in [6.07, 6.45) is 0.186. The lowest BCUT2D eigenvalue weighted by molar-refractivity contribution is -0.137. The van der Waals surface area contributed by atoms with Gasteiger partial charge in [0.05, 0.1) is 12.1 Å². The summed E-state index contributed by atoms with van der Waals surface area (Å²) in [7, 11) is 0. The third kappa shape index (κ3) is 6.88. The Balaban J connectivity index is 1.73. The molecule has 1 aromatic heterocycles. The maximum Gasteiger partial charge on any atom is 0.416 e.